The number of aromatic nitrogens is 2. The SMILES string of the molecule is CCNc1nc(C(C)C)nc(NC2CCCCCC2)c1C. The largest absolute Gasteiger partial charge is 0.370 e. The van der Waals surface area contributed by atoms with E-state index in [1.165, 1.54) is 38.5 Å². The molecule has 1 aliphatic rings. The molecule has 0 atom stereocenters. The highest BCUT2D eigenvalue weighted by Crippen LogP contribution is 2.26. The van der Waals surface area contributed by atoms with Crippen LogP contribution in [-0.2, 0) is 0 Å². The van der Waals surface area contributed by atoms with E-state index in [1.54, 1.807) is 0 Å². The van der Waals surface area contributed by atoms with Gasteiger partial charge in [0.25, 0.3) is 0 Å². The summed E-state index contributed by atoms with van der Waals surface area (Å²) in [6.07, 6.45) is 7.94. The van der Waals surface area contributed by atoms with Crippen LogP contribution in [0.25, 0.3) is 0 Å². The van der Waals surface area contributed by atoms with Crippen LogP contribution in [0.2, 0.25) is 0 Å². The summed E-state index contributed by atoms with van der Waals surface area (Å²) in [7, 11) is 0. The molecule has 0 aromatic carbocycles. The third-order valence-electron chi connectivity index (χ3n) is 4.22. The third kappa shape index (κ3) is 4.32. The minimum absolute atomic E-state index is 0.345. The molecule has 0 unspecified atom stereocenters. The number of nitrogens with one attached hydrogen (secondary N) is 2. The number of hydrogen-bond donors (Lipinski definition) is 2. The van der Waals surface area contributed by atoms with E-state index in [2.05, 4.69) is 43.3 Å². The lowest BCUT2D eigenvalue weighted by molar-refractivity contribution is 0.615. The van der Waals surface area contributed by atoms with Crippen LogP contribution in [-0.4, -0.2) is 22.6 Å². The van der Waals surface area contributed by atoms with E-state index in [4.69, 9.17) is 4.98 Å². The van der Waals surface area contributed by atoms with Crippen LogP contribution >= 0.6 is 0 Å². The zero-order valence-electron chi connectivity index (χ0n) is 14.0. The van der Waals surface area contributed by atoms with E-state index in [9.17, 15) is 0 Å². The average molecular weight is 290 g/mol. The Hall–Kier alpha value is -1.32. The molecule has 1 fully saturated rings. The minimum atomic E-state index is 0.345. The summed E-state index contributed by atoms with van der Waals surface area (Å²) >= 11 is 0. The molecule has 0 aliphatic heterocycles. The smallest absolute Gasteiger partial charge is 0.135 e. The molecule has 0 bridgehead atoms. The van der Waals surface area contributed by atoms with Crippen LogP contribution in [0.4, 0.5) is 11.6 Å². The second-order valence-corrected chi connectivity index (χ2v) is 6.42. The Morgan fingerprint density at radius 2 is 1.67 bits per heavy atom. The van der Waals surface area contributed by atoms with Crippen LogP contribution < -0.4 is 10.6 Å². The van der Waals surface area contributed by atoms with E-state index < -0.39 is 0 Å². The predicted molar refractivity (Wildman–Crippen MR) is 90.1 cm³/mol. The number of nitrogens with zero attached hydrogens (tertiary/aromatic N) is 2. The molecule has 4 heteroatoms. The highest BCUT2D eigenvalue weighted by atomic mass is 15.1. The molecular formula is C17H30N4. The van der Waals surface area contributed by atoms with E-state index in [1.807, 2.05) is 0 Å². The Balaban J connectivity index is 2.23. The molecule has 4 nitrogen and oxygen atoms in total. The van der Waals surface area contributed by atoms with Crippen molar-refractivity contribution in [2.75, 3.05) is 17.2 Å². The first-order chi connectivity index (χ1) is 10.1. The Kier molecular flexibility index (Phi) is 5.83. The van der Waals surface area contributed by atoms with Crippen LogP contribution in [0.1, 0.15) is 76.6 Å². The molecule has 1 aromatic heterocycles. The molecule has 0 amide bonds. The lowest BCUT2D eigenvalue weighted by atomic mass is 10.1. The average Bonchev–Trinajstić information content (AvgIpc) is 2.71. The first kappa shape index (κ1) is 16.1. The van der Waals surface area contributed by atoms with Gasteiger partial charge in [0.05, 0.1) is 0 Å². The van der Waals surface area contributed by atoms with Crippen LogP contribution in [0, 0.1) is 6.92 Å². The van der Waals surface area contributed by atoms with Gasteiger partial charge < -0.3 is 10.6 Å². The molecule has 2 rings (SSSR count). The van der Waals surface area contributed by atoms with Crippen molar-refractivity contribution in [2.45, 2.75) is 78.2 Å². The molecular weight excluding hydrogens is 260 g/mol. The van der Waals surface area contributed by atoms with E-state index in [0.29, 0.717) is 12.0 Å². The maximum Gasteiger partial charge on any atom is 0.135 e. The van der Waals surface area contributed by atoms with Gasteiger partial charge in [-0.2, -0.15) is 0 Å². The highest BCUT2D eigenvalue weighted by Gasteiger charge is 2.17. The topological polar surface area (TPSA) is 49.8 Å². The van der Waals surface area contributed by atoms with Gasteiger partial charge in [-0.1, -0.05) is 39.5 Å². The molecule has 0 saturated heterocycles. The minimum Gasteiger partial charge on any atom is -0.370 e. The molecule has 0 spiro atoms. The standard InChI is InChI=1S/C17H30N4/c1-5-18-16-13(4)17(21-15(20-16)12(2)3)19-14-10-8-6-7-9-11-14/h12,14H,5-11H2,1-4H3,(H2,18,19,20,21). The Morgan fingerprint density at radius 1 is 1.05 bits per heavy atom. The first-order valence-electron chi connectivity index (χ1n) is 8.50. The molecule has 118 valence electrons. The van der Waals surface area contributed by atoms with Gasteiger partial charge in [0.15, 0.2) is 0 Å². The van der Waals surface area contributed by atoms with Crippen molar-refractivity contribution < 1.29 is 0 Å². The van der Waals surface area contributed by atoms with Gasteiger partial charge in [-0.05, 0) is 26.7 Å². The predicted octanol–water partition coefficient (Wildman–Crippen LogP) is 4.47. The number of rotatable bonds is 5. The van der Waals surface area contributed by atoms with E-state index in [-0.39, 0.29) is 0 Å². The lowest BCUT2D eigenvalue weighted by Gasteiger charge is -2.21. The monoisotopic (exact) mass is 290 g/mol. The van der Waals surface area contributed by atoms with Crippen molar-refractivity contribution in [3.05, 3.63) is 11.4 Å². The summed E-state index contributed by atoms with van der Waals surface area (Å²) in [5, 5.41) is 7.06. The lowest BCUT2D eigenvalue weighted by Crippen LogP contribution is -2.21. The Bertz CT molecular complexity index is 448. The second kappa shape index (κ2) is 7.62. The van der Waals surface area contributed by atoms with E-state index >= 15 is 0 Å². The Labute approximate surface area is 129 Å². The molecule has 1 saturated carbocycles. The van der Waals surface area contributed by atoms with Crippen molar-refractivity contribution >= 4 is 11.6 Å². The summed E-state index contributed by atoms with van der Waals surface area (Å²) in [6, 6.07) is 0.565. The summed E-state index contributed by atoms with van der Waals surface area (Å²) in [5.41, 5.74) is 1.14. The van der Waals surface area contributed by atoms with Gasteiger partial charge in [0.1, 0.15) is 17.5 Å². The Morgan fingerprint density at radius 3 is 2.24 bits per heavy atom. The third-order valence-corrected chi connectivity index (χ3v) is 4.22. The van der Waals surface area contributed by atoms with Crippen molar-refractivity contribution in [1.29, 1.82) is 0 Å². The van der Waals surface area contributed by atoms with Gasteiger partial charge in [-0.3, -0.25) is 0 Å². The number of anilines is 2. The maximum absolute atomic E-state index is 4.78. The zero-order valence-corrected chi connectivity index (χ0v) is 14.0. The molecule has 1 aromatic rings. The fraction of sp³-hybridized carbons (Fsp3) is 0.765. The second-order valence-electron chi connectivity index (χ2n) is 6.42. The highest BCUT2D eigenvalue weighted by molar-refractivity contribution is 5.57. The quantitative estimate of drug-likeness (QED) is 0.785. The van der Waals surface area contributed by atoms with Crippen molar-refractivity contribution in [3.8, 4) is 0 Å². The summed E-state index contributed by atoms with van der Waals surface area (Å²) in [5.74, 6) is 3.27. The first-order valence-corrected chi connectivity index (χ1v) is 8.50. The molecule has 21 heavy (non-hydrogen) atoms. The van der Waals surface area contributed by atoms with Crippen LogP contribution in [0.5, 0.6) is 0 Å². The summed E-state index contributed by atoms with van der Waals surface area (Å²) in [6.45, 7) is 9.40. The molecule has 1 aliphatic carbocycles. The van der Waals surface area contributed by atoms with Gasteiger partial charge in [-0.15, -0.1) is 0 Å². The van der Waals surface area contributed by atoms with Gasteiger partial charge in [-0.25, -0.2) is 9.97 Å². The van der Waals surface area contributed by atoms with Crippen molar-refractivity contribution in [2.24, 2.45) is 0 Å². The van der Waals surface area contributed by atoms with Gasteiger partial charge in [0, 0.05) is 24.1 Å². The van der Waals surface area contributed by atoms with Crippen LogP contribution in [0.3, 0.4) is 0 Å². The van der Waals surface area contributed by atoms with Gasteiger partial charge in [0.2, 0.25) is 0 Å². The fourth-order valence-corrected chi connectivity index (χ4v) is 2.89. The molecule has 2 N–H and O–H groups in total. The molecule has 1 heterocycles. The zero-order chi connectivity index (χ0) is 15.2. The van der Waals surface area contributed by atoms with Crippen molar-refractivity contribution in [1.82, 2.24) is 9.97 Å². The normalized spacial score (nSPS) is 16.8. The van der Waals surface area contributed by atoms with E-state index in [0.717, 1.165) is 29.6 Å². The van der Waals surface area contributed by atoms with Crippen molar-refractivity contribution in [3.63, 3.8) is 0 Å². The molecule has 0 radical (unpaired) electrons. The summed E-state index contributed by atoms with van der Waals surface area (Å²) < 4.78 is 0. The number of hydrogen-bond acceptors (Lipinski definition) is 4. The summed E-state index contributed by atoms with van der Waals surface area (Å²) in [4.78, 5) is 9.45. The van der Waals surface area contributed by atoms with Crippen LogP contribution in [0.15, 0.2) is 0 Å². The maximum atomic E-state index is 4.78. The fourth-order valence-electron chi connectivity index (χ4n) is 2.89. The van der Waals surface area contributed by atoms with Gasteiger partial charge >= 0.3 is 0 Å².